The van der Waals surface area contributed by atoms with Gasteiger partial charge in [0, 0.05) is 29.7 Å². The van der Waals surface area contributed by atoms with Crippen LogP contribution in [-0.2, 0) is 11.2 Å². The fraction of sp³-hybridized carbons (Fsp3) is 0.174. The molecular formula is C23H20O11. The molecule has 1 aliphatic heterocycles. The number of benzene rings is 3. The summed E-state index contributed by atoms with van der Waals surface area (Å²) in [5.41, 5.74) is 0.116. The molecule has 0 fully saturated rings. The van der Waals surface area contributed by atoms with E-state index in [0.717, 1.165) is 30.3 Å². The Morgan fingerprint density at radius 3 is 2.06 bits per heavy atom. The van der Waals surface area contributed by atoms with Crippen molar-refractivity contribution in [3.63, 3.8) is 0 Å². The number of esters is 1. The molecule has 34 heavy (non-hydrogen) atoms. The number of carbonyl (C=O) groups excluding carboxylic acids is 1. The zero-order valence-corrected chi connectivity index (χ0v) is 17.6. The third-order valence-corrected chi connectivity index (χ3v) is 5.34. The monoisotopic (exact) mass is 472 g/mol. The maximum absolute atomic E-state index is 12.9. The normalized spacial score (nSPS) is 16.9. The van der Waals surface area contributed by atoms with Crippen molar-refractivity contribution in [1.82, 2.24) is 0 Å². The van der Waals surface area contributed by atoms with Crippen molar-refractivity contribution in [2.75, 3.05) is 7.11 Å². The summed E-state index contributed by atoms with van der Waals surface area (Å²) in [7, 11) is 1.22. The third kappa shape index (κ3) is 3.94. The SMILES string of the molecule is COc1c(O)cc(C(=O)OC2Cc3c(O)cc(O)cc3O[C@@H]2c2cc(O)c(O)c(O)c2)cc1O. The minimum Gasteiger partial charge on any atom is -0.508 e. The smallest absolute Gasteiger partial charge is 0.338 e. The molecule has 178 valence electrons. The van der Waals surface area contributed by atoms with Crippen molar-refractivity contribution in [3.8, 4) is 51.7 Å². The van der Waals surface area contributed by atoms with Crippen LogP contribution in [-0.4, -0.2) is 54.9 Å². The van der Waals surface area contributed by atoms with Gasteiger partial charge in [-0.1, -0.05) is 0 Å². The van der Waals surface area contributed by atoms with Crippen LogP contribution < -0.4 is 9.47 Å². The first-order valence-corrected chi connectivity index (χ1v) is 9.86. The van der Waals surface area contributed by atoms with E-state index in [2.05, 4.69) is 0 Å². The molecular weight excluding hydrogens is 452 g/mol. The minimum atomic E-state index is -1.16. The summed E-state index contributed by atoms with van der Waals surface area (Å²) < 4.78 is 16.2. The summed E-state index contributed by atoms with van der Waals surface area (Å²) in [5.74, 6) is -4.80. The summed E-state index contributed by atoms with van der Waals surface area (Å²) in [6.07, 6.45) is -2.41. The number of ether oxygens (including phenoxy) is 3. The molecule has 0 aromatic heterocycles. The van der Waals surface area contributed by atoms with Gasteiger partial charge in [0.15, 0.2) is 34.9 Å². The highest BCUT2D eigenvalue weighted by atomic mass is 16.6. The lowest BCUT2D eigenvalue weighted by Crippen LogP contribution is -2.34. The number of phenols is 7. The number of rotatable bonds is 4. The second-order valence-electron chi connectivity index (χ2n) is 7.58. The number of aromatic hydroxyl groups is 7. The van der Waals surface area contributed by atoms with Crippen molar-refractivity contribution < 1.29 is 54.8 Å². The van der Waals surface area contributed by atoms with Crippen LogP contribution in [0.3, 0.4) is 0 Å². The predicted molar refractivity (Wildman–Crippen MR) is 114 cm³/mol. The summed E-state index contributed by atoms with van der Waals surface area (Å²) in [5, 5.41) is 69.5. The highest BCUT2D eigenvalue weighted by molar-refractivity contribution is 5.91. The van der Waals surface area contributed by atoms with E-state index in [1.165, 1.54) is 13.2 Å². The van der Waals surface area contributed by atoms with E-state index in [4.69, 9.17) is 14.2 Å². The molecule has 0 spiro atoms. The van der Waals surface area contributed by atoms with E-state index < -0.39 is 46.9 Å². The molecule has 7 N–H and O–H groups in total. The fourth-order valence-corrected chi connectivity index (χ4v) is 3.75. The molecule has 0 radical (unpaired) electrons. The first kappa shape index (κ1) is 22.5. The molecule has 4 rings (SSSR count). The van der Waals surface area contributed by atoms with Gasteiger partial charge in [-0.05, 0) is 24.3 Å². The molecule has 11 nitrogen and oxygen atoms in total. The Bertz CT molecular complexity index is 1240. The van der Waals surface area contributed by atoms with Crippen molar-refractivity contribution in [2.24, 2.45) is 0 Å². The van der Waals surface area contributed by atoms with Crippen LogP contribution in [0, 0.1) is 0 Å². The van der Waals surface area contributed by atoms with E-state index in [1.54, 1.807) is 0 Å². The minimum absolute atomic E-state index is 0.0709. The van der Waals surface area contributed by atoms with Crippen LogP contribution >= 0.6 is 0 Å². The van der Waals surface area contributed by atoms with Gasteiger partial charge in [-0.25, -0.2) is 4.79 Å². The highest BCUT2D eigenvalue weighted by Gasteiger charge is 2.37. The second-order valence-corrected chi connectivity index (χ2v) is 7.58. The zero-order chi connectivity index (χ0) is 24.7. The largest absolute Gasteiger partial charge is 0.508 e. The fourth-order valence-electron chi connectivity index (χ4n) is 3.75. The first-order chi connectivity index (χ1) is 16.1. The van der Waals surface area contributed by atoms with E-state index in [1.807, 2.05) is 0 Å². The van der Waals surface area contributed by atoms with Crippen molar-refractivity contribution in [2.45, 2.75) is 18.6 Å². The van der Waals surface area contributed by atoms with Crippen molar-refractivity contribution in [1.29, 1.82) is 0 Å². The van der Waals surface area contributed by atoms with Crippen LogP contribution in [0.4, 0.5) is 0 Å². The molecule has 0 saturated heterocycles. The number of phenolic OH excluding ortho intramolecular Hbond substituents is 7. The maximum Gasteiger partial charge on any atom is 0.338 e. The Balaban J connectivity index is 1.74. The number of fused-ring (bicyclic) bond motifs is 1. The summed E-state index contributed by atoms with van der Waals surface area (Å²) in [6, 6.07) is 6.57. The first-order valence-electron chi connectivity index (χ1n) is 9.86. The Kier molecular flexibility index (Phi) is 5.53. The third-order valence-electron chi connectivity index (χ3n) is 5.34. The molecule has 1 unspecified atom stereocenters. The Hall–Kier alpha value is -4.67. The van der Waals surface area contributed by atoms with Gasteiger partial charge in [-0.15, -0.1) is 0 Å². The average Bonchev–Trinajstić information content (AvgIpc) is 2.76. The molecule has 0 bridgehead atoms. The van der Waals surface area contributed by atoms with Crippen LogP contribution in [0.15, 0.2) is 36.4 Å². The van der Waals surface area contributed by atoms with Gasteiger partial charge in [-0.3, -0.25) is 0 Å². The van der Waals surface area contributed by atoms with E-state index in [-0.39, 0.29) is 46.1 Å². The van der Waals surface area contributed by atoms with E-state index >= 15 is 0 Å². The number of carbonyl (C=O) groups is 1. The van der Waals surface area contributed by atoms with E-state index in [0.29, 0.717) is 0 Å². The molecule has 3 aromatic rings. The molecule has 0 aliphatic carbocycles. The van der Waals surface area contributed by atoms with Crippen molar-refractivity contribution in [3.05, 3.63) is 53.1 Å². The van der Waals surface area contributed by atoms with Crippen LogP contribution in [0.25, 0.3) is 0 Å². The quantitative estimate of drug-likeness (QED) is 0.218. The standard InChI is InChI=1S/C23H20O11/c1-32-22-16(28)4-10(5-17(22)29)23(31)34-19-8-12-13(25)6-11(24)7-18(12)33-21(19)9-2-14(26)20(30)15(27)3-9/h2-7,19,21,24-30H,8H2,1H3/t19?,21-/m1/s1. The van der Waals surface area contributed by atoms with Gasteiger partial charge in [0.25, 0.3) is 0 Å². The van der Waals surface area contributed by atoms with Crippen LogP contribution in [0.1, 0.15) is 27.6 Å². The maximum atomic E-state index is 12.9. The molecule has 0 amide bonds. The summed E-state index contributed by atoms with van der Waals surface area (Å²) in [4.78, 5) is 12.9. The molecule has 2 atom stereocenters. The van der Waals surface area contributed by atoms with E-state index in [9.17, 15) is 40.5 Å². The predicted octanol–water partition coefficient (Wildman–Crippen LogP) is 2.54. The molecule has 1 heterocycles. The molecule has 0 saturated carbocycles. The van der Waals surface area contributed by atoms with Gasteiger partial charge < -0.3 is 50.0 Å². The number of methoxy groups -OCH3 is 1. The summed E-state index contributed by atoms with van der Waals surface area (Å²) >= 11 is 0. The summed E-state index contributed by atoms with van der Waals surface area (Å²) in [6.45, 7) is 0. The van der Waals surface area contributed by atoms with Crippen molar-refractivity contribution >= 4 is 5.97 Å². The topological polar surface area (TPSA) is 186 Å². The Morgan fingerprint density at radius 2 is 1.47 bits per heavy atom. The molecule has 11 heteroatoms. The van der Waals surface area contributed by atoms with Gasteiger partial charge in [0.1, 0.15) is 23.4 Å². The Labute approximate surface area is 191 Å². The van der Waals surface area contributed by atoms with Crippen LogP contribution in [0.5, 0.6) is 51.7 Å². The van der Waals surface area contributed by atoms with Gasteiger partial charge in [0.05, 0.1) is 12.7 Å². The lowest BCUT2D eigenvalue weighted by molar-refractivity contribution is -0.0189. The highest BCUT2D eigenvalue weighted by Crippen LogP contribution is 2.46. The molecule has 3 aromatic carbocycles. The number of hydrogen-bond donors (Lipinski definition) is 7. The molecule has 1 aliphatic rings. The van der Waals surface area contributed by atoms with Gasteiger partial charge in [-0.2, -0.15) is 0 Å². The lowest BCUT2D eigenvalue weighted by atomic mass is 9.93. The Morgan fingerprint density at radius 1 is 0.853 bits per heavy atom. The van der Waals surface area contributed by atoms with Gasteiger partial charge in [0.2, 0.25) is 5.75 Å². The second kappa shape index (κ2) is 8.35. The average molecular weight is 472 g/mol. The lowest BCUT2D eigenvalue weighted by Gasteiger charge is -2.34. The number of hydrogen-bond acceptors (Lipinski definition) is 11. The van der Waals surface area contributed by atoms with Gasteiger partial charge >= 0.3 is 5.97 Å². The van der Waals surface area contributed by atoms with Crippen LogP contribution in [0.2, 0.25) is 0 Å². The zero-order valence-electron chi connectivity index (χ0n) is 17.6.